The summed E-state index contributed by atoms with van der Waals surface area (Å²) in [6, 6.07) is 11.8. The van der Waals surface area contributed by atoms with E-state index < -0.39 is 0 Å². The van der Waals surface area contributed by atoms with Crippen molar-refractivity contribution >= 4 is 28.5 Å². The van der Waals surface area contributed by atoms with Gasteiger partial charge in [0.25, 0.3) is 0 Å². The Balaban J connectivity index is 1.47. The maximum atomic E-state index is 5.11. The zero-order chi connectivity index (χ0) is 22.2. The van der Waals surface area contributed by atoms with Crippen LogP contribution in [0.5, 0.6) is 0 Å². The Morgan fingerprint density at radius 2 is 1.73 bits per heavy atom. The van der Waals surface area contributed by atoms with Gasteiger partial charge in [0.1, 0.15) is 23.0 Å². The average molecular weight is 459 g/mol. The van der Waals surface area contributed by atoms with Crippen molar-refractivity contribution in [3.63, 3.8) is 0 Å². The molecule has 0 atom stereocenters. The molecule has 0 aromatic carbocycles. The Hall–Kier alpha value is -2.93. The molecule has 0 unspecified atom stereocenters. The third kappa shape index (κ3) is 4.10. The number of pyridine rings is 2. The van der Waals surface area contributed by atoms with Crippen LogP contribution < -0.4 is 10.6 Å². The van der Waals surface area contributed by atoms with E-state index in [2.05, 4.69) is 55.8 Å². The van der Waals surface area contributed by atoms with Crippen molar-refractivity contribution < 1.29 is 0 Å². The molecule has 0 spiro atoms. The fourth-order valence-corrected chi connectivity index (χ4v) is 5.94. The molecule has 0 aliphatic heterocycles. The van der Waals surface area contributed by atoms with Crippen molar-refractivity contribution in [2.75, 3.05) is 10.6 Å². The largest absolute Gasteiger partial charge is 0.367 e. The van der Waals surface area contributed by atoms with Gasteiger partial charge in [-0.15, -0.1) is 11.3 Å². The van der Waals surface area contributed by atoms with Crippen LogP contribution >= 0.6 is 11.3 Å². The summed E-state index contributed by atoms with van der Waals surface area (Å²) >= 11 is 1.67. The van der Waals surface area contributed by atoms with E-state index in [1.807, 2.05) is 13.1 Å². The molecule has 170 valence electrons. The number of rotatable bonds is 6. The van der Waals surface area contributed by atoms with Crippen molar-refractivity contribution in [1.82, 2.24) is 19.6 Å². The SMILES string of the molecule is Cc1nc(-c2nn3c(NC4CCCC4)cccc3c2-c2ccnc(NC3CCCC3)c2)cs1. The first-order valence-corrected chi connectivity index (χ1v) is 13.1. The highest BCUT2D eigenvalue weighted by Crippen LogP contribution is 2.38. The number of thiazole rings is 1. The van der Waals surface area contributed by atoms with E-state index in [4.69, 9.17) is 10.1 Å². The van der Waals surface area contributed by atoms with Crippen LogP contribution in [0.1, 0.15) is 56.4 Å². The average Bonchev–Trinajstić information content (AvgIpc) is 3.62. The van der Waals surface area contributed by atoms with E-state index in [0.29, 0.717) is 12.1 Å². The molecule has 4 aromatic rings. The lowest BCUT2D eigenvalue weighted by Gasteiger charge is -2.15. The minimum atomic E-state index is 0.524. The van der Waals surface area contributed by atoms with Gasteiger partial charge in [-0.05, 0) is 62.4 Å². The minimum Gasteiger partial charge on any atom is -0.367 e. The lowest BCUT2D eigenvalue weighted by molar-refractivity contribution is 0.742. The molecule has 2 aliphatic rings. The molecular weight excluding hydrogens is 428 g/mol. The molecule has 6 rings (SSSR count). The molecule has 0 amide bonds. The highest BCUT2D eigenvalue weighted by molar-refractivity contribution is 7.09. The number of nitrogens with one attached hydrogen (secondary N) is 2. The number of hydrogen-bond donors (Lipinski definition) is 2. The lowest BCUT2D eigenvalue weighted by atomic mass is 10.0. The molecule has 4 heterocycles. The van der Waals surface area contributed by atoms with Crippen LogP contribution in [0, 0.1) is 6.92 Å². The van der Waals surface area contributed by atoms with Gasteiger partial charge in [0.15, 0.2) is 0 Å². The monoisotopic (exact) mass is 458 g/mol. The summed E-state index contributed by atoms with van der Waals surface area (Å²) in [4.78, 5) is 9.41. The van der Waals surface area contributed by atoms with Gasteiger partial charge >= 0.3 is 0 Å². The van der Waals surface area contributed by atoms with Crippen molar-refractivity contribution in [1.29, 1.82) is 0 Å². The van der Waals surface area contributed by atoms with E-state index in [9.17, 15) is 0 Å². The zero-order valence-corrected chi connectivity index (χ0v) is 19.9. The molecule has 0 bridgehead atoms. The second kappa shape index (κ2) is 8.78. The summed E-state index contributed by atoms with van der Waals surface area (Å²) in [5.41, 5.74) is 5.20. The second-order valence-electron chi connectivity index (χ2n) is 9.36. The fraction of sp³-hybridized carbons (Fsp3) is 0.423. The Labute approximate surface area is 198 Å². The summed E-state index contributed by atoms with van der Waals surface area (Å²) in [5, 5.41) is 15.7. The van der Waals surface area contributed by atoms with Gasteiger partial charge in [-0.25, -0.2) is 14.5 Å². The van der Waals surface area contributed by atoms with Crippen LogP contribution in [0.15, 0.2) is 41.9 Å². The predicted molar refractivity (Wildman–Crippen MR) is 136 cm³/mol. The Morgan fingerprint density at radius 1 is 0.970 bits per heavy atom. The van der Waals surface area contributed by atoms with Crippen molar-refractivity contribution in [3.05, 3.63) is 46.9 Å². The molecule has 2 fully saturated rings. The Kier molecular flexibility index (Phi) is 5.50. The van der Waals surface area contributed by atoms with Crippen LogP contribution in [-0.4, -0.2) is 31.7 Å². The third-order valence-electron chi connectivity index (χ3n) is 6.98. The first-order valence-electron chi connectivity index (χ1n) is 12.2. The minimum absolute atomic E-state index is 0.524. The smallest absolute Gasteiger partial charge is 0.128 e. The van der Waals surface area contributed by atoms with Crippen LogP contribution in [0.25, 0.3) is 28.0 Å². The van der Waals surface area contributed by atoms with Gasteiger partial charge in [0.2, 0.25) is 0 Å². The van der Waals surface area contributed by atoms with E-state index in [1.54, 1.807) is 11.3 Å². The standard InChI is InChI=1S/C26H30N6S/c1-17-28-21(16-33-17)26-25(18-13-14-27-23(15-18)29-19-7-2-3-8-19)22-11-6-12-24(32(22)31-26)30-20-9-4-5-10-20/h6,11-16,19-20,30H,2-5,7-10H2,1H3,(H,27,29). The summed E-state index contributed by atoms with van der Waals surface area (Å²) in [5.74, 6) is 2.00. The van der Waals surface area contributed by atoms with Crippen LogP contribution in [0.4, 0.5) is 11.6 Å². The number of hydrogen-bond acceptors (Lipinski definition) is 6. The maximum Gasteiger partial charge on any atom is 0.128 e. The summed E-state index contributed by atoms with van der Waals surface area (Å²) in [7, 11) is 0. The molecule has 2 saturated carbocycles. The molecule has 2 N–H and O–H groups in total. The predicted octanol–water partition coefficient (Wildman–Crippen LogP) is 6.54. The van der Waals surface area contributed by atoms with E-state index in [0.717, 1.165) is 44.7 Å². The van der Waals surface area contributed by atoms with Gasteiger partial charge < -0.3 is 10.6 Å². The summed E-state index contributed by atoms with van der Waals surface area (Å²) in [6.07, 6.45) is 12.0. The molecule has 0 saturated heterocycles. The van der Waals surface area contributed by atoms with Crippen molar-refractivity contribution in [2.24, 2.45) is 0 Å². The van der Waals surface area contributed by atoms with Crippen LogP contribution in [0.2, 0.25) is 0 Å². The van der Waals surface area contributed by atoms with Gasteiger partial charge in [0.05, 0.1) is 10.5 Å². The van der Waals surface area contributed by atoms with E-state index >= 15 is 0 Å². The molecule has 33 heavy (non-hydrogen) atoms. The number of anilines is 2. The van der Waals surface area contributed by atoms with Crippen LogP contribution in [-0.2, 0) is 0 Å². The van der Waals surface area contributed by atoms with Crippen molar-refractivity contribution in [3.8, 4) is 22.5 Å². The summed E-state index contributed by atoms with van der Waals surface area (Å²) in [6.45, 7) is 2.05. The molecule has 2 aliphatic carbocycles. The third-order valence-corrected chi connectivity index (χ3v) is 7.76. The van der Waals surface area contributed by atoms with Gasteiger partial charge in [-0.2, -0.15) is 5.10 Å². The second-order valence-corrected chi connectivity index (χ2v) is 10.4. The first kappa shape index (κ1) is 20.7. The topological polar surface area (TPSA) is 67.1 Å². The molecule has 0 radical (unpaired) electrons. The molecule has 6 nitrogen and oxygen atoms in total. The van der Waals surface area contributed by atoms with Crippen molar-refractivity contribution in [2.45, 2.75) is 70.4 Å². The van der Waals surface area contributed by atoms with Gasteiger partial charge in [-0.1, -0.05) is 31.7 Å². The number of nitrogens with zero attached hydrogens (tertiary/aromatic N) is 4. The van der Waals surface area contributed by atoms with Crippen LogP contribution in [0.3, 0.4) is 0 Å². The van der Waals surface area contributed by atoms with E-state index in [-0.39, 0.29) is 0 Å². The number of aromatic nitrogens is 4. The molecule has 4 aromatic heterocycles. The quantitative estimate of drug-likeness (QED) is 0.343. The first-order chi connectivity index (χ1) is 16.2. The van der Waals surface area contributed by atoms with Gasteiger partial charge in [-0.3, -0.25) is 0 Å². The Bertz CT molecular complexity index is 1260. The maximum absolute atomic E-state index is 5.11. The van der Waals surface area contributed by atoms with Gasteiger partial charge in [0, 0.05) is 29.2 Å². The highest BCUT2D eigenvalue weighted by Gasteiger charge is 2.22. The molecule has 7 heteroatoms. The highest BCUT2D eigenvalue weighted by atomic mass is 32.1. The molecular formula is C26H30N6S. The van der Waals surface area contributed by atoms with E-state index in [1.165, 1.54) is 51.4 Å². The summed E-state index contributed by atoms with van der Waals surface area (Å²) < 4.78 is 2.07. The number of fused-ring (bicyclic) bond motifs is 1. The zero-order valence-electron chi connectivity index (χ0n) is 19.1. The lowest BCUT2D eigenvalue weighted by Crippen LogP contribution is -2.17. The Morgan fingerprint density at radius 3 is 2.45 bits per heavy atom. The fourth-order valence-electron chi connectivity index (χ4n) is 5.34. The number of aryl methyl sites for hydroxylation is 1. The normalized spacial score (nSPS) is 17.2.